The lowest BCUT2D eigenvalue weighted by atomic mass is 9.87. The molecular weight excluding hydrogens is 192 g/mol. The Bertz CT molecular complexity index is 458. The highest BCUT2D eigenvalue weighted by Gasteiger charge is 2.21. The van der Waals surface area contributed by atoms with Crippen LogP contribution in [0.3, 0.4) is 0 Å². The number of fused-ring (bicyclic) bond motifs is 1. The van der Waals surface area contributed by atoms with Gasteiger partial charge in [-0.05, 0) is 18.4 Å². The Labute approximate surface area is 87.0 Å². The highest BCUT2D eigenvalue weighted by molar-refractivity contribution is 6.12. The lowest BCUT2D eigenvalue weighted by molar-refractivity contribution is -0.131. The number of Topliss-reactive ketones (excluding diaryl/α,β-unsaturated/α-hetero) is 1. The molecule has 0 fully saturated rings. The molecule has 1 aliphatic rings. The van der Waals surface area contributed by atoms with Gasteiger partial charge in [-0.1, -0.05) is 24.3 Å². The summed E-state index contributed by atoms with van der Waals surface area (Å²) in [5, 5.41) is 8.60. The van der Waals surface area contributed by atoms with Gasteiger partial charge in [-0.15, -0.1) is 0 Å². The molecule has 3 heteroatoms. The van der Waals surface area contributed by atoms with Crippen LogP contribution >= 0.6 is 0 Å². The maximum Gasteiger partial charge on any atom is 0.328 e. The molecule has 2 rings (SSSR count). The summed E-state index contributed by atoms with van der Waals surface area (Å²) in [6.45, 7) is 0. The van der Waals surface area contributed by atoms with Gasteiger partial charge < -0.3 is 5.11 Å². The van der Waals surface area contributed by atoms with Crippen LogP contribution in [0.1, 0.15) is 22.3 Å². The van der Waals surface area contributed by atoms with Crippen LogP contribution in [0.5, 0.6) is 0 Å². The fourth-order valence-electron chi connectivity index (χ4n) is 1.80. The fraction of sp³-hybridized carbons (Fsp3) is 0.167. The van der Waals surface area contributed by atoms with Crippen LogP contribution in [0.15, 0.2) is 35.9 Å². The second kappa shape index (κ2) is 3.69. The second-order valence-electron chi connectivity index (χ2n) is 3.49. The molecular formula is C12H10O3. The number of carbonyl (C=O) groups excluding carboxylic acids is 1. The van der Waals surface area contributed by atoms with Crippen LogP contribution in [0.4, 0.5) is 0 Å². The van der Waals surface area contributed by atoms with Gasteiger partial charge in [0.2, 0.25) is 0 Å². The summed E-state index contributed by atoms with van der Waals surface area (Å²) in [6, 6.07) is 7.33. The van der Waals surface area contributed by atoms with Gasteiger partial charge in [0.25, 0.3) is 0 Å². The minimum atomic E-state index is -1.06. The Balaban J connectivity index is 2.42. The first-order valence-electron chi connectivity index (χ1n) is 4.74. The number of benzene rings is 1. The van der Waals surface area contributed by atoms with Crippen molar-refractivity contribution in [3.8, 4) is 0 Å². The van der Waals surface area contributed by atoms with Crippen molar-refractivity contribution in [2.75, 3.05) is 0 Å². The number of rotatable bonds is 1. The number of carboxylic acids is 1. The van der Waals surface area contributed by atoms with Crippen LogP contribution < -0.4 is 0 Å². The standard InChI is InChI=1S/C12H10O3/c13-11(14)7-9-6-5-8-3-1-2-4-10(8)12(9)15/h1-4,7H,5-6H2,(H,13,14)/b9-7+. The zero-order valence-electron chi connectivity index (χ0n) is 8.06. The Morgan fingerprint density at radius 2 is 2.00 bits per heavy atom. The number of ketones is 1. The third-order valence-electron chi connectivity index (χ3n) is 2.52. The van der Waals surface area contributed by atoms with Crippen LogP contribution in [-0.4, -0.2) is 16.9 Å². The summed E-state index contributed by atoms with van der Waals surface area (Å²) in [7, 11) is 0. The maximum absolute atomic E-state index is 11.8. The van der Waals surface area contributed by atoms with E-state index in [0.717, 1.165) is 18.1 Å². The van der Waals surface area contributed by atoms with Gasteiger partial charge in [0, 0.05) is 17.2 Å². The average Bonchev–Trinajstić information content (AvgIpc) is 2.22. The summed E-state index contributed by atoms with van der Waals surface area (Å²) >= 11 is 0. The predicted molar refractivity (Wildman–Crippen MR) is 54.8 cm³/mol. The molecule has 0 amide bonds. The molecule has 0 radical (unpaired) electrons. The lowest BCUT2D eigenvalue weighted by Gasteiger charge is -2.16. The molecule has 0 aromatic heterocycles. The van der Waals surface area contributed by atoms with Gasteiger partial charge in [0.05, 0.1) is 0 Å². The number of aryl methyl sites for hydroxylation is 1. The molecule has 1 aromatic carbocycles. The lowest BCUT2D eigenvalue weighted by Crippen LogP contribution is -2.15. The van der Waals surface area contributed by atoms with Crippen LogP contribution in [0.25, 0.3) is 0 Å². The van der Waals surface area contributed by atoms with Crippen molar-refractivity contribution in [3.05, 3.63) is 47.0 Å². The molecule has 76 valence electrons. The van der Waals surface area contributed by atoms with E-state index in [4.69, 9.17) is 5.11 Å². The molecule has 0 spiro atoms. The number of carbonyl (C=O) groups is 2. The van der Waals surface area contributed by atoms with E-state index in [0.29, 0.717) is 17.6 Å². The van der Waals surface area contributed by atoms with Crippen molar-refractivity contribution in [2.45, 2.75) is 12.8 Å². The summed E-state index contributed by atoms with van der Waals surface area (Å²) in [5.74, 6) is -1.21. The molecule has 0 unspecified atom stereocenters. The Hall–Kier alpha value is -1.90. The number of hydrogen-bond donors (Lipinski definition) is 1. The van der Waals surface area contributed by atoms with Crippen molar-refractivity contribution in [3.63, 3.8) is 0 Å². The average molecular weight is 202 g/mol. The summed E-state index contributed by atoms with van der Waals surface area (Å²) in [6.07, 6.45) is 2.27. The zero-order valence-corrected chi connectivity index (χ0v) is 8.06. The second-order valence-corrected chi connectivity index (χ2v) is 3.49. The predicted octanol–water partition coefficient (Wildman–Crippen LogP) is 1.83. The quantitative estimate of drug-likeness (QED) is 0.707. The third kappa shape index (κ3) is 1.81. The molecule has 0 saturated carbocycles. The number of hydrogen-bond acceptors (Lipinski definition) is 2. The zero-order chi connectivity index (χ0) is 10.8. The fourth-order valence-corrected chi connectivity index (χ4v) is 1.80. The van der Waals surface area contributed by atoms with E-state index < -0.39 is 5.97 Å². The SMILES string of the molecule is O=C(O)/C=C1\CCc2ccccc2C1=O. The summed E-state index contributed by atoms with van der Waals surface area (Å²) < 4.78 is 0. The smallest absolute Gasteiger partial charge is 0.328 e. The molecule has 1 N–H and O–H groups in total. The van der Waals surface area contributed by atoms with Gasteiger partial charge >= 0.3 is 5.97 Å². The van der Waals surface area contributed by atoms with Crippen molar-refractivity contribution in [1.29, 1.82) is 0 Å². The summed E-state index contributed by atoms with van der Waals surface area (Å²) in [4.78, 5) is 22.3. The van der Waals surface area contributed by atoms with Crippen LogP contribution in [0.2, 0.25) is 0 Å². The Morgan fingerprint density at radius 1 is 1.27 bits per heavy atom. The maximum atomic E-state index is 11.8. The number of aliphatic carboxylic acids is 1. The van der Waals surface area contributed by atoms with Crippen molar-refractivity contribution in [1.82, 2.24) is 0 Å². The first-order chi connectivity index (χ1) is 7.18. The van der Waals surface area contributed by atoms with Gasteiger partial charge in [-0.25, -0.2) is 4.79 Å². The third-order valence-corrected chi connectivity index (χ3v) is 2.52. The highest BCUT2D eigenvalue weighted by Crippen LogP contribution is 2.24. The summed E-state index contributed by atoms with van der Waals surface area (Å²) in [5.41, 5.74) is 2.03. The van der Waals surface area contributed by atoms with E-state index in [1.807, 2.05) is 12.1 Å². The van der Waals surface area contributed by atoms with Crippen LogP contribution in [0, 0.1) is 0 Å². The molecule has 0 bridgehead atoms. The molecule has 0 saturated heterocycles. The van der Waals surface area contributed by atoms with Crippen molar-refractivity contribution >= 4 is 11.8 Å². The number of carboxylic acid groups (broad SMARTS) is 1. The van der Waals surface area contributed by atoms with E-state index in [1.165, 1.54) is 0 Å². The molecule has 15 heavy (non-hydrogen) atoms. The van der Waals surface area contributed by atoms with E-state index in [1.54, 1.807) is 12.1 Å². The molecule has 0 aliphatic heterocycles. The van der Waals surface area contributed by atoms with E-state index in [9.17, 15) is 9.59 Å². The molecule has 0 atom stereocenters. The van der Waals surface area contributed by atoms with Gasteiger partial charge in [0.15, 0.2) is 5.78 Å². The minimum absolute atomic E-state index is 0.153. The minimum Gasteiger partial charge on any atom is -0.478 e. The van der Waals surface area contributed by atoms with Crippen molar-refractivity contribution in [2.24, 2.45) is 0 Å². The Morgan fingerprint density at radius 3 is 2.73 bits per heavy atom. The highest BCUT2D eigenvalue weighted by atomic mass is 16.4. The van der Waals surface area contributed by atoms with E-state index >= 15 is 0 Å². The normalized spacial score (nSPS) is 17.6. The van der Waals surface area contributed by atoms with E-state index in [2.05, 4.69) is 0 Å². The van der Waals surface area contributed by atoms with Gasteiger partial charge in [-0.2, -0.15) is 0 Å². The molecule has 1 aliphatic carbocycles. The van der Waals surface area contributed by atoms with Gasteiger partial charge in [-0.3, -0.25) is 4.79 Å². The van der Waals surface area contributed by atoms with Crippen molar-refractivity contribution < 1.29 is 14.7 Å². The largest absolute Gasteiger partial charge is 0.478 e. The first-order valence-corrected chi connectivity index (χ1v) is 4.74. The molecule has 3 nitrogen and oxygen atoms in total. The van der Waals surface area contributed by atoms with Gasteiger partial charge in [0.1, 0.15) is 0 Å². The number of allylic oxidation sites excluding steroid dienone is 1. The molecule has 1 aromatic rings. The Kier molecular flexibility index (Phi) is 2.37. The van der Waals surface area contributed by atoms with E-state index in [-0.39, 0.29) is 5.78 Å². The molecule has 0 heterocycles. The first kappa shape index (κ1) is 9.65. The van der Waals surface area contributed by atoms with Crippen LogP contribution in [-0.2, 0) is 11.2 Å². The monoisotopic (exact) mass is 202 g/mol. The topological polar surface area (TPSA) is 54.4 Å².